The molecule has 0 saturated heterocycles. The van der Waals surface area contributed by atoms with Crippen molar-refractivity contribution in [1.82, 2.24) is 5.32 Å². The molecule has 1 aliphatic carbocycles. The Balaban J connectivity index is 1.69. The Hall–Kier alpha value is -2.08. The summed E-state index contributed by atoms with van der Waals surface area (Å²) in [5.74, 6) is -0.168. The van der Waals surface area contributed by atoms with Crippen LogP contribution in [0, 0.1) is 17.8 Å². The number of ether oxygens (including phenoxy) is 2. The van der Waals surface area contributed by atoms with Crippen molar-refractivity contribution in [3.63, 3.8) is 0 Å². The van der Waals surface area contributed by atoms with Crippen molar-refractivity contribution in [2.24, 2.45) is 17.8 Å². The van der Waals surface area contributed by atoms with Gasteiger partial charge in [0.05, 0.1) is 17.0 Å². The van der Waals surface area contributed by atoms with Gasteiger partial charge in [-0.3, -0.25) is 9.59 Å². The Bertz CT molecular complexity index is 721. The molecule has 6 nitrogen and oxygen atoms in total. The molecule has 0 heterocycles. The Morgan fingerprint density at radius 1 is 1.17 bits per heavy atom. The first kappa shape index (κ1) is 23.2. The van der Waals surface area contributed by atoms with Crippen LogP contribution in [0.25, 0.3) is 0 Å². The lowest BCUT2D eigenvalue weighted by Gasteiger charge is -2.36. The van der Waals surface area contributed by atoms with Gasteiger partial charge in [-0.1, -0.05) is 50.9 Å². The molecular weight excluding hydrogens is 394 g/mol. The fourth-order valence-electron chi connectivity index (χ4n) is 3.68. The van der Waals surface area contributed by atoms with Crippen molar-refractivity contribution in [2.45, 2.75) is 52.6 Å². The van der Waals surface area contributed by atoms with E-state index in [9.17, 15) is 14.4 Å². The van der Waals surface area contributed by atoms with Gasteiger partial charge in [-0.15, -0.1) is 0 Å². The Morgan fingerprint density at radius 3 is 2.59 bits per heavy atom. The Labute approximate surface area is 177 Å². The van der Waals surface area contributed by atoms with E-state index in [0.717, 1.165) is 19.3 Å². The first-order valence-corrected chi connectivity index (χ1v) is 10.5. The molecule has 1 aliphatic rings. The quantitative estimate of drug-likeness (QED) is 0.639. The highest BCUT2D eigenvalue weighted by Gasteiger charge is 2.33. The fraction of sp³-hybridized carbons (Fsp3) is 0.591. The van der Waals surface area contributed by atoms with E-state index in [4.69, 9.17) is 21.1 Å². The topological polar surface area (TPSA) is 81.7 Å². The Morgan fingerprint density at radius 2 is 1.90 bits per heavy atom. The van der Waals surface area contributed by atoms with Crippen LogP contribution >= 0.6 is 11.6 Å². The summed E-state index contributed by atoms with van der Waals surface area (Å²) in [6.07, 6.45) is 2.86. The molecule has 1 saturated carbocycles. The number of halogens is 1. The van der Waals surface area contributed by atoms with Gasteiger partial charge in [0.25, 0.3) is 5.91 Å². The van der Waals surface area contributed by atoms with E-state index in [1.165, 1.54) is 0 Å². The summed E-state index contributed by atoms with van der Waals surface area (Å²) in [6, 6.07) is 6.65. The third-order valence-corrected chi connectivity index (χ3v) is 5.66. The highest BCUT2D eigenvalue weighted by atomic mass is 35.5. The number of esters is 2. The van der Waals surface area contributed by atoms with E-state index < -0.39 is 18.5 Å². The first-order valence-electron chi connectivity index (χ1n) is 10.2. The number of benzene rings is 1. The molecule has 0 radical (unpaired) electrons. The lowest BCUT2D eigenvalue weighted by molar-refractivity contribution is -0.167. The zero-order valence-electron chi connectivity index (χ0n) is 17.3. The van der Waals surface area contributed by atoms with Gasteiger partial charge in [0.1, 0.15) is 6.10 Å². The van der Waals surface area contributed by atoms with Crippen molar-refractivity contribution < 1.29 is 23.9 Å². The molecule has 0 spiro atoms. The van der Waals surface area contributed by atoms with Crippen LogP contribution in [0.3, 0.4) is 0 Å². The largest absolute Gasteiger partial charge is 0.460 e. The summed E-state index contributed by atoms with van der Waals surface area (Å²) in [5, 5.41) is 2.95. The number of carbonyl (C=O) groups excluding carboxylic acids is 3. The molecule has 1 aromatic carbocycles. The molecule has 1 fully saturated rings. The van der Waals surface area contributed by atoms with Gasteiger partial charge in [0, 0.05) is 6.54 Å². The van der Waals surface area contributed by atoms with Gasteiger partial charge in [-0.05, 0) is 42.7 Å². The third kappa shape index (κ3) is 7.35. The molecule has 0 aliphatic heterocycles. The molecule has 2 rings (SSSR count). The van der Waals surface area contributed by atoms with E-state index in [0.29, 0.717) is 28.3 Å². The SMILES string of the molecule is CC(C)[C@@H]1CC[C@@H](C)C[C@@H]1OC(=O)COC(=O)CCNC(=O)c1ccccc1Cl. The minimum Gasteiger partial charge on any atom is -0.460 e. The lowest BCUT2D eigenvalue weighted by atomic mass is 9.75. The number of amides is 1. The van der Waals surface area contributed by atoms with Gasteiger partial charge in [-0.25, -0.2) is 4.79 Å². The van der Waals surface area contributed by atoms with Gasteiger partial charge in [0.2, 0.25) is 0 Å². The molecule has 3 atom stereocenters. The summed E-state index contributed by atoms with van der Waals surface area (Å²) in [4.78, 5) is 36.0. The second kappa shape index (κ2) is 11.2. The van der Waals surface area contributed by atoms with Gasteiger partial charge >= 0.3 is 11.9 Å². The van der Waals surface area contributed by atoms with Crippen LogP contribution < -0.4 is 5.32 Å². The predicted octanol–water partition coefficient (Wildman–Crippen LogP) is 4.01. The second-order valence-electron chi connectivity index (χ2n) is 8.00. The van der Waals surface area contributed by atoms with E-state index in [1.54, 1.807) is 24.3 Å². The van der Waals surface area contributed by atoms with Crippen molar-refractivity contribution in [2.75, 3.05) is 13.2 Å². The fourth-order valence-corrected chi connectivity index (χ4v) is 3.90. The molecular formula is C22H30ClNO5. The van der Waals surface area contributed by atoms with Crippen LogP contribution in [0.4, 0.5) is 0 Å². The molecule has 7 heteroatoms. The normalized spacial score (nSPS) is 21.5. The average Bonchev–Trinajstić information content (AvgIpc) is 2.66. The molecule has 1 N–H and O–H groups in total. The zero-order chi connectivity index (χ0) is 21.4. The Kier molecular flexibility index (Phi) is 8.96. The number of hydrogen-bond donors (Lipinski definition) is 1. The standard InChI is InChI=1S/C22H30ClNO5/c1-14(2)16-9-8-15(3)12-19(16)29-21(26)13-28-20(25)10-11-24-22(27)17-6-4-5-7-18(17)23/h4-7,14-16,19H,8-13H2,1-3H3,(H,24,27)/t15-,16+,19+/m1/s1. The van der Waals surface area contributed by atoms with Crippen LogP contribution in [0.2, 0.25) is 5.02 Å². The van der Waals surface area contributed by atoms with E-state index in [-0.39, 0.29) is 25.0 Å². The van der Waals surface area contributed by atoms with Gasteiger partial charge < -0.3 is 14.8 Å². The van der Waals surface area contributed by atoms with Crippen LogP contribution in [-0.4, -0.2) is 37.1 Å². The van der Waals surface area contributed by atoms with E-state index >= 15 is 0 Å². The van der Waals surface area contributed by atoms with Crippen LogP contribution in [0.1, 0.15) is 56.8 Å². The minimum atomic E-state index is -0.571. The number of rotatable bonds is 8. The highest BCUT2D eigenvalue weighted by molar-refractivity contribution is 6.33. The molecule has 1 amide bonds. The summed E-state index contributed by atoms with van der Waals surface area (Å²) in [5.41, 5.74) is 0.340. The van der Waals surface area contributed by atoms with Crippen LogP contribution in [-0.2, 0) is 19.1 Å². The smallest absolute Gasteiger partial charge is 0.344 e. The molecule has 1 aromatic rings. The number of nitrogens with one attached hydrogen (secondary N) is 1. The number of carbonyl (C=O) groups is 3. The maximum Gasteiger partial charge on any atom is 0.344 e. The first-order chi connectivity index (χ1) is 13.8. The molecule has 0 unspecified atom stereocenters. The lowest BCUT2D eigenvalue weighted by Crippen LogP contribution is -2.37. The number of hydrogen-bond acceptors (Lipinski definition) is 5. The molecule has 0 bridgehead atoms. The maximum absolute atomic E-state index is 12.1. The van der Waals surface area contributed by atoms with Gasteiger partial charge in [-0.2, -0.15) is 0 Å². The van der Waals surface area contributed by atoms with Crippen LogP contribution in [0.5, 0.6) is 0 Å². The average molecular weight is 424 g/mol. The summed E-state index contributed by atoms with van der Waals surface area (Å²) >= 11 is 5.96. The van der Waals surface area contributed by atoms with Crippen molar-refractivity contribution >= 4 is 29.4 Å². The third-order valence-electron chi connectivity index (χ3n) is 5.33. The monoisotopic (exact) mass is 423 g/mol. The predicted molar refractivity (Wildman–Crippen MR) is 111 cm³/mol. The van der Waals surface area contributed by atoms with E-state index in [2.05, 4.69) is 26.1 Å². The molecule has 0 aromatic heterocycles. The molecule has 29 heavy (non-hydrogen) atoms. The van der Waals surface area contributed by atoms with Crippen molar-refractivity contribution in [3.05, 3.63) is 34.9 Å². The van der Waals surface area contributed by atoms with E-state index in [1.807, 2.05) is 0 Å². The van der Waals surface area contributed by atoms with Crippen LogP contribution in [0.15, 0.2) is 24.3 Å². The second-order valence-corrected chi connectivity index (χ2v) is 8.41. The summed E-state index contributed by atoms with van der Waals surface area (Å²) in [6.45, 7) is 6.12. The van der Waals surface area contributed by atoms with Crippen molar-refractivity contribution in [3.8, 4) is 0 Å². The van der Waals surface area contributed by atoms with Crippen molar-refractivity contribution in [1.29, 1.82) is 0 Å². The highest BCUT2D eigenvalue weighted by Crippen LogP contribution is 2.35. The molecule has 160 valence electrons. The van der Waals surface area contributed by atoms with Gasteiger partial charge in [0.15, 0.2) is 6.61 Å². The maximum atomic E-state index is 12.1. The minimum absolute atomic E-state index is 0.0431. The summed E-state index contributed by atoms with van der Waals surface area (Å²) < 4.78 is 10.6. The summed E-state index contributed by atoms with van der Waals surface area (Å²) in [7, 11) is 0. The zero-order valence-corrected chi connectivity index (χ0v) is 18.0.